The van der Waals surface area contributed by atoms with Gasteiger partial charge >= 0.3 is 0 Å². The summed E-state index contributed by atoms with van der Waals surface area (Å²) in [6.07, 6.45) is 6.20. The van der Waals surface area contributed by atoms with Gasteiger partial charge in [-0.3, -0.25) is 4.79 Å². The second kappa shape index (κ2) is 7.75. The van der Waals surface area contributed by atoms with E-state index < -0.39 is 5.54 Å². The standard InChI is InChI=1S/C14H24N4O2.ClH/c1-10(9-15)12(19)17-14(7-5-3-4-6-8-14)13-16-11(2)20-18-13;/h10H,3-9,15H2,1-2H3,(H,17,19);1H. The molecule has 1 aliphatic carbocycles. The summed E-state index contributed by atoms with van der Waals surface area (Å²) in [7, 11) is 0. The topological polar surface area (TPSA) is 94.0 Å². The third kappa shape index (κ3) is 4.17. The molecule has 0 bridgehead atoms. The number of amides is 1. The van der Waals surface area contributed by atoms with E-state index in [1.807, 2.05) is 6.92 Å². The second-order valence-corrected chi connectivity index (χ2v) is 5.76. The third-order valence-electron chi connectivity index (χ3n) is 4.08. The van der Waals surface area contributed by atoms with Gasteiger partial charge < -0.3 is 15.6 Å². The van der Waals surface area contributed by atoms with Crippen LogP contribution in [-0.2, 0) is 10.3 Å². The number of aromatic nitrogens is 2. The number of halogens is 1. The van der Waals surface area contributed by atoms with Crippen LogP contribution < -0.4 is 11.1 Å². The molecular formula is C14H25ClN4O2. The molecule has 7 heteroatoms. The highest BCUT2D eigenvalue weighted by molar-refractivity contribution is 5.85. The summed E-state index contributed by atoms with van der Waals surface area (Å²) in [6.45, 7) is 3.94. The summed E-state index contributed by atoms with van der Waals surface area (Å²) in [5.41, 5.74) is 5.09. The van der Waals surface area contributed by atoms with Crippen molar-refractivity contribution in [2.75, 3.05) is 6.54 Å². The smallest absolute Gasteiger partial charge is 0.224 e. The van der Waals surface area contributed by atoms with E-state index in [0.29, 0.717) is 18.3 Å². The van der Waals surface area contributed by atoms with Crippen LogP contribution >= 0.6 is 12.4 Å². The van der Waals surface area contributed by atoms with E-state index in [9.17, 15) is 4.79 Å². The van der Waals surface area contributed by atoms with E-state index in [1.54, 1.807) is 6.92 Å². The highest BCUT2D eigenvalue weighted by atomic mass is 35.5. The first kappa shape index (κ1) is 17.9. The molecule has 1 aliphatic rings. The Labute approximate surface area is 131 Å². The van der Waals surface area contributed by atoms with E-state index in [0.717, 1.165) is 25.7 Å². The van der Waals surface area contributed by atoms with Crippen LogP contribution in [0.2, 0.25) is 0 Å². The number of aryl methyl sites for hydroxylation is 1. The van der Waals surface area contributed by atoms with Gasteiger partial charge in [0.25, 0.3) is 0 Å². The molecule has 1 saturated carbocycles. The minimum Gasteiger partial charge on any atom is -0.343 e. The Kier molecular flexibility index (Phi) is 6.61. The number of nitrogens with one attached hydrogen (secondary N) is 1. The summed E-state index contributed by atoms with van der Waals surface area (Å²) < 4.78 is 5.11. The first-order valence-corrected chi connectivity index (χ1v) is 7.40. The number of hydrogen-bond acceptors (Lipinski definition) is 5. The number of rotatable bonds is 4. The van der Waals surface area contributed by atoms with Gasteiger partial charge in [0.2, 0.25) is 11.8 Å². The fourth-order valence-corrected chi connectivity index (χ4v) is 2.70. The fraction of sp³-hybridized carbons (Fsp3) is 0.786. The number of nitrogens with two attached hydrogens (primary N) is 1. The van der Waals surface area contributed by atoms with Crippen molar-refractivity contribution in [1.29, 1.82) is 0 Å². The van der Waals surface area contributed by atoms with E-state index >= 15 is 0 Å². The number of carbonyl (C=O) groups is 1. The van der Waals surface area contributed by atoms with Crippen LogP contribution in [0.15, 0.2) is 4.52 Å². The average Bonchev–Trinajstić information content (AvgIpc) is 2.74. The van der Waals surface area contributed by atoms with Crippen LogP contribution in [0.5, 0.6) is 0 Å². The molecule has 120 valence electrons. The molecule has 0 aliphatic heterocycles. The fourth-order valence-electron chi connectivity index (χ4n) is 2.70. The second-order valence-electron chi connectivity index (χ2n) is 5.76. The predicted octanol–water partition coefficient (Wildman–Crippen LogP) is 2.06. The zero-order valence-electron chi connectivity index (χ0n) is 12.7. The van der Waals surface area contributed by atoms with Crippen molar-refractivity contribution in [3.63, 3.8) is 0 Å². The SMILES string of the molecule is Cc1nc(C2(NC(=O)C(C)CN)CCCCCC2)no1.Cl. The molecule has 1 aromatic rings. The Morgan fingerprint density at radius 3 is 2.48 bits per heavy atom. The predicted molar refractivity (Wildman–Crippen MR) is 82.0 cm³/mol. The first-order chi connectivity index (χ1) is 9.57. The van der Waals surface area contributed by atoms with Crippen molar-refractivity contribution >= 4 is 18.3 Å². The van der Waals surface area contributed by atoms with Crippen LogP contribution in [0, 0.1) is 12.8 Å². The van der Waals surface area contributed by atoms with Gasteiger partial charge in [-0.25, -0.2) is 0 Å². The average molecular weight is 317 g/mol. The normalized spacial score (nSPS) is 19.2. The molecule has 6 nitrogen and oxygen atoms in total. The lowest BCUT2D eigenvalue weighted by atomic mass is 9.88. The molecule has 1 atom stereocenters. The largest absolute Gasteiger partial charge is 0.343 e. The van der Waals surface area contributed by atoms with Gasteiger partial charge in [-0.2, -0.15) is 4.98 Å². The minimum absolute atomic E-state index is 0. The zero-order chi connectivity index (χ0) is 14.6. The van der Waals surface area contributed by atoms with Crippen LogP contribution in [0.4, 0.5) is 0 Å². The number of nitrogens with zero attached hydrogens (tertiary/aromatic N) is 2. The molecule has 21 heavy (non-hydrogen) atoms. The highest BCUT2D eigenvalue weighted by Gasteiger charge is 2.39. The van der Waals surface area contributed by atoms with Crippen molar-refractivity contribution < 1.29 is 9.32 Å². The van der Waals surface area contributed by atoms with Crippen molar-refractivity contribution in [1.82, 2.24) is 15.5 Å². The Bertz CT molecular complexity index is 456. The summed E-state index contributed by atoms with van der Waals surface area (Å²) >= 11 is 0. The van der Waals surface area contributed by atoms with Crippen LogP contribution in [0.25, 0.3) is 0 Å². The molecule has 1 fully saturated rings. The van der Waals surface area contributed by atoms with Crippen LogP contribution in [-0.4, -0.2) is 22.6 Å². The Balaban J connectivity index is 0.00000220. The first-order valence-electron chi connectivity index (χ1n) is 7.40. The molecule has 0 aromatic carbocycles. The van der Waals surface area contributed by atoms with Crippen LogP contribution in [0.1, 0.15) is 57.2 Å². The lowest BCUT2D eigenvalue weighted by Crippen LogP contribution is -2.49. The molecular weight excluding hydrogens is 292 g/mol. The Morgan fingerprint density at radius 2 is 2.00 bits per heavy atom. The Morgan fingerprint density at radius 1 is 1.38 bits per heavy atom. The van der Waals surface area contributed by atoms with Gasteiger partial charge in [-0.1, -0.05) is 37.8 Å². The quantitative estimate of drug-likeness (QED) is 0.829. The Hall–Kier alpha value is -1.14. The van der Waals surface area contributed by atoms with E-state index in [4.69, 9.17) is 10.3 Å². The molecule has 2 rings (SSSR count). The molecule has 0 spiro atoms. The van der Waals surface area contributed by atoms with E-state index in [1.165, 1.54) is 12.8 Å². The third-order valence-corrected chi connectivity index (χ3v) is 4.08. The molecule has 1 aromatic heterocycles. The lowest BCUT2D eigenvalue weighted by molar-refractivity contribution is -0.126. The maximum Gasteiger partial charge on any atom is 0.224 e. The van der Waals surface area contributed by atoms with Gasteiger partial charge in [0.15, 0.2) is 5.82 Å². The van der Waals surface area contributed by atoms with Gasteiger partial charge in [-0.15, -0.1) is 12.4 Å². The number of hydrogen-bond donors (Lipinski definition) is 2. The molecule has 1 amide bonds. The molecule has 3 N–H and O–H groups in total. The molecule has 0 saturated heterocycles. The van der Waals surface area contributed by atoms with E-state index in [2.05, 4.69) is 15.5 Å². The monoisotopic (exact) mass is 316 g/mol. The van der Waals surface area contributed by atoms with Gasteiger partial charge in [0.05, 0.1) is 0 Å². The highest BCUT2D eigenvalue weighted by Crippen LogP contribution is 2.34. The summed E-state index contributed by atoms with van der Waals surface area (Å²) in [4.78, 5) is 16.6. The van der Waals surface area contributed by atoms with Gasteiger partial charge in [-0.05, 0) is 12.8 Å². The van der Waals surface area contributed by atoms with Crippen molar-refractivity contribution in [2.24, 2.45) is 11.7 Å². The zero-order valence-corrected chi connectivity index (χ0v) is 13.5. The van der Waals surface area contributed by atoms with E-state index in [-0.39, 0.29) is 24.2 Å². The van der Waals surface area contributed by atoms with Crippen LogP contribution in [0.3, 0.4) is 0 Å². The van der Waals surface area contributed by atoms with Gasteiger partial charge in [0, 0.05) is 19.4 Å². The molecule has 1 unspecified atom stereocenters. The maximum absolute atomic E-state index is 12.3. The van der Waals surface area contributed by atoms with Crippen molar-refractivity contribution in [3.8, 4) is 0 Å². The molecule has 0 radical (unpaired) electrons. The maximum atomic E-state index is 12.3. The van der Waals surface area contributed by atoms with Gasteiger partial charge in [0.1, 0.15) is 5.54 Å². The van der Waals surface area contributed by atoms with Crippen molar-refractivity contribution in [2.45, 2.75) is 57.9 Å². The summed E-state index contributed by atoms with van der Waals surface area (Å²) in [5.74, 6) is 0.902. The molecule has 1 heterocycles. The lowest BCUT2D eigenvalue weighted by Gasteiger charge is -2.31. The minimum atomic E-state index is -0.491. The summed E-state index contributed by atoms with van der Waals surface area (Å²) in [6, 6.07) is 0. The number of carbonyl (C=O) groups excluding carboxylic acids is 1. The van der Waals surface area contributed by atoms with Crippen molar-refractivity contribution in [3.05, 3.63) is 11.7 Å². The summed E-state index contributed by atoms with van der Waals surface area (Å²) in [5, 5.41) is 7.21.